The summed E-state index contributed by atoms with van der Waals surface area (Å²) < 4.78 is 8.24. The zero-order valence-corrected chi connectivity index (χ0v) is 16.6. The summed E-state index contributed by atoms with van der Waals surface area (Å²) in [7, 11) is 1.59. The van der Waals surface area contributed by atoms with Crippen LogP contribution in [0.2, 0.25) is 0 Å². The van der Waals surface area contributed by atoms with Crippen LogP contribution in [0.4, 0.5) is 5.69 Å². The molecule has 1 aliphatic carbocycles. The molecule has 1 N–H and O–H groups in total. The molecule has 1 amide bonds. The van der Waals surface area contributed by atoms with Crippen LogP contribution in [0.25, 0.3) is 5.69 Å². The Kier molecular flexibility index (Phi) is 4.99. The van der Waals surface area contributed by atoms with E-state index in [4.69, 9.17) is 9.84 Å². The van der Waals surface area contributed by atoms with Crippen molar-refractivity contribution in [2.45, 2.75) is 25.7 Å². The molecule has 0 saturated heterocycles. The summed E-state index contributed by atoms with van der Waals surface area (Å²) in [6.45, 7) is 0. The monoisotopic (exact) mass is 425 g/mol. The van der Waals surface area contributed by atoms with Crippen molar-refractivity contribution in [1.29, 1.82) is 0 Å². The molecule has 1 aliphatic rings. The van der Waals surface area contributed by atoms with Crippen LogP contribution in [-0.2, 0) is 12.8 Å². The van der Waals surface area contributed by atoms with Crippen LogP contribution in [0, 0.1) is 0 Å². The number of methoxy groups -OCH3 is 1. The van der Waals surface area contributed by atoms with E-state index in [9.17, 15) is 4.79 Å². The van der Waals surface area contributed by atoms with E-state index in [1.807, 2.05) is 53.2 Å². The number of anilines is 1. The quantitative estimate of drug-likeness (QED) is 0.654. The van der Waals surface area contributed by atoms with Gasteiger partial charge >= 0.3 is 0 Å². The number of hydrogen-bond donors (Lipinski definition) is 1. The van der Waals surface area contributed by atoms with E-state index in [2.05, 4.69) is 21.2 Å². The maximum absolute atomic E-state index is 13.0. The molecule has 0 spiro atoms. The molecule has 6 heteroatoms. The number of aromatic nitrogens is 2. The van der Waals surface area contributed by atoms with E-state index >= 15 is 0 Å². The van der Waals surface area contributed by atoms with Gasteiger partial charge in [-0.15, -0.1) is 0 Å². The fourth-order valence-electron chi connectivity index (χ4n) is 3.53. The Balaban J connectivity index is 1.73. The number of benzene rings is 2. The lowest BCUT2D eigenvalue weighted by molar-refractivity contribution is 0.102. The van der Waals surface area contributed by atoms with Gasteiger partial charge in [-0.2, -0.15) is 5.10 Å². The van der Waals surface area contributed by atoms with E-state index in [0.29, 0.717) is 17.1 Å². The molecule has 0 bridgehead atoms. The van der Waals surface area contributed by atoms with Crippen molar-refractivity contribution in [2.24, 2.45) is 0 Å². The van der Waals surface area contributed by atoms with Gasteiger partial charge in [-0.25, -0.2) is 4.68 Å². The zero-order valence-electron chi connectivity index (χ0n) is 15.0. The van der Waals surface area contributed by atoms with Crippen molar-refractivity contribution >= 4 is 27.5 Å². The van der Waals surface area contributed by atoms with Crippen molar-refractivity contribution in [2.75, 3.05) is 12.4 Å². The second-order valence-electron chi connectivity index (χ2n) is 6.53. The summed E-state index contributed by atoms with van der Waals surface area (Å²) in [4.78, 5) is 13.0. The van der Waals surface area contributed by atoms with Crippen LogP contribution in [0.1, 0.15) is 34.6 Å². The lowest BCUT2D eigenvalue weighted by Gasteiger charge is -2.14. The number of hydrogen-bond acceptors (Lipinski definition) is 3. The maximum atomic E-state index is 13.0. The smallest absolute Gasteiger partial charge is 0.276 e. The van der Waals surface area contributed by atoms with Crippen molar-refractivity contribution in [3.05, 3.63) is 70.0 Å². The molecule has 138 valence electrons. The molecule has 0 radical (unpaired) electrons. The predicted octanol–water partition coefficient (Wildman–Crippen LogP) is 4.77. The fourth-order valence-corrected chi connectivity index (χ4v) is 3.92. The second kappa shape index (κ2) is 7.56. The van der Waals surface area contributed by atoms with Crippen LogP contribution in [0.3, 0.4) is 0 Å². The van der Waals surface area contributed by atoms with E-state index < -0.39 is 0 Å². The minimum absolute atomic E-state index is 0.202. The molecule has 5 nitrogen and oxygen atoms in total. The zero-order chi connectivity index (χ0) is 18.8. The molecule has 0 saturated carbocycles. The molecule has 0 fully saturated rings. The third kappa shape index (κ3) is 3.49. The summed E-state index contributed by atoms with van der Waals surface area (Å²) >= 11 is 3.52. The van der Waals surface area contributed by atoms with Gasteiger partial charge in [0, 0.05) is 15.7 Å². The Morgan fingerprint density at radius 3 is 2.78 bits per heavy atom. The summed E-state index contributed by atoms with van der Waals surface area (Å²) in [6.07, 6.45) is 3.99. The summed E-state index contributed by atoms with van der Waals surface area (Å²) in [5.41, 5.74) is 4.28. The third-order valence-electron chi connectivity index (χ3n) is 4.80. The lowest BCUT2D eigenvalue weighted by atomic mass is 9.95. The van der Waals surface area contributed by atoms with Gasteiger partial charge in [0.1, 0.15) is 5.75 Å². The standard InChI is InChI=1S/C21H20BrN3O2/c1-27-19-12-5-3-10-17(19)23-21(26)20-16-9-2-4-11-18(16)25(24-20)15-8-6-7-14(22)13-15/h3,5-8,10,12-13H,2,4,9,11H2,1H3,(H,23,26). The molecular weight excluding hydrogens is 406 g/mol. The normalized spacial score (nSPS) is 13.1. The molecule has 0 aliphatic heterocycles. The van der Waals surface area contributed by atoms with Crippen LogP contribution in [0.15, 0.2) is 53.0 Å². The number of amides is 1. The first-order valence-electron chi connectivity index (χ1n) is 8.98. The number of fused-ring (bicyclic) bond motifs is 1. The van der Waals surface area contributed by atoms with Crippen molar-refractivity contribution in [3.8, 4) is 11.4 Å². The molecule has 27 heavy (non-hydrogen) atoms. The second-order valence-corrected chi connectivity index (χ2v) is 7.44. The number of nitrogens with one attached hydrogen (secondary N) is 1. The number of para-hydroxylation sites is 2. The highest BCUT2D eigenvalue weighted by atomic mass is 79.9. The Morgan fingerprint density at radius 2 is 1.96 bits per heavy atom. The SMILES string of the molecule is COc1ccccc1NC(=O)c1nn(-c2cccc(Br)c2)c2c1CCCC2. The number of rotatable bonds is 4. The highest BCUT2D eigenvalue weighted by Crippen LogP contribution is 2.29. The van der Waals surface area contributed by atoms with Gasteiger partial charge in [-0.05, 0) is 56.0 Å². The number of carbonyl (C=O) groups excluding carboxylic acids is 1. The first kappa shape index (κ1) is 17.8. The van der Waals surface area contributed by atoms with Gasteiger partial charge in [-0.3, -0.25) is 4.79 Å². The van der Waals surface area contributed by atoms with E-state index in [-0.39, 0.29) is 5.91 Å². The molecule has 4 rings (SSSR count). The Bertz CT molecular complexity index is 997. The number of nitrogens with zero attached hydrogens (tertiary/aromatic N) is 2. The molecule has 3 aromatic rings. The van der Waals surface area contributed by atoms with Gasteiger partial charge in [0.25, 0.3) is 5.91 Å². The number of carbonyl (C=O) groups is 1. The van der Waals surface area contributed by atoms with Crippen LogP contribution >= 0.6 is 15.9 Å². The predicted molar refractivity (Wildman–Crippen MR) is 109 cm³/mol. The Hall–Kier alpha value is -2.60. The van der Waals surface area contributed by atoms with E-state index in [1.165, 1.54) is 0 Å². The van der Waals surface area contributed by atoms with Gasteiger partial charge in [0.05, 0.1) is 18.5 Å². The molecule has 0 atom stereocenters. The Morgan fingerprint density at radius 1 is 1.15 bits per heavy atom. The van der Waals surface area contributed by atoms with Crippen LogP contribution in [0.5, 0.6) is 5.75 Å². The molecular formula is C21H20BrN3O2. The van der Waals surface area contributed by atoms with Crippen molar-refractivity contribution in [1.82, 2.24) is 9.78 Å². The first-order valence-corrected chi connectivity index (χ1v) is 9.78. The molecule has 1 aromatic heterocycles. The lowest BCUT2D eigenvalue weighted by Crippen LogP contribution is -2.16. The minimum atomic E-state index is -0.202. The van der Waals surface area contributed by atoms with Gasteiger partial charge < -0.3 is 10.1 Å². The summed E-state index contributed by atoms with van der Waals surface area (Å²) in [5.74, 6) is 0.428. The highest BCUT2D eigenvalue weighted by molar-refractivity contribution is 9.10. The van der Waals surface area contributed by atoms with Gasteiger partial charge in [0.2, 0.25) is 0 Å². The molecule has 0 unspecified atom stereocenters. The van der Waals surface area contributed by atoms with E-state index in [0.717, 1.165) is 47.1 Å². The fraction of sp³-hybridized carbons (Fsp3) is 0.238. The summed E-state index contributed by atoms with van der Waals surface area (Å²) in [6, 6.07) is 15.4. The van der Waals surface area contributed by atoms with Crippen molar-refractivity contribution in [3.63, 3.8) is 0 Å². The first-order chi connectivity index (χ1) is 13.2. The molecule has 1 heterocycles. The topological polar surface area (TPSA) is 56.1 Å². The third-order valence-corrected chi connectivity index (χ3v) is 5.30. The number of halogens is 1. The summed E-state index contributed by atoms with van der Waals surface area (Å²) in [5, 5.41) is 7.65. The van der Waals surface area contributed by atoms with E-state index in [1.54, 1.807) is 7.11 Å². The Labute approximate surface area is 166 Å². The average molecular weight is 426 g/mol. The molecule has 2 aromatic carbocycles. The van der Waals surface area contributed by atoms with Gasteiger partial charge in [-0.1, -0.05) is 34.1 Å². The minimum Gasteiger partial charge on any atom is -0.495 e. The highest BCUT2D eigenvalue weighted by Gasteiger charge is 2.26. The number of ether oxygens (including phenoxy) is 1. The maximum Gasteiger partial charge on any atom is 0.276 e. The average Bonchev–Trinajstić information content (AvgIpc) is 3.08. The van der Waals surface area contributed by atoms with Gasteiger partial charge in [0.15, 0.2) is 5.69 Å². The van der Waals surface area contributed by atoms with Crippen LogP contribution < -0.4 is 10.1 Å². The largest absolute Gasteiger partial charge is 0.495 e. The van der Waals surface area contributed by atoms with Crippen molar-refractivity contribution < 1.29 is 9.53 Å². The van der Waals surface area contributed by atoms with Crippen LogP contribution in [-0.4, -0.2) is 22.8 Å².